The fourth-order valence-corrected chi connectivity index (χ4v) is 3.74. The van der Waals surface area contributed by atoms with Gasteiger partial charge in [0.1, 0.15) is 5.75 Å². The Hall–Kier alpha value is -2.10. The van der Waals surface area contributed by atoms with E-state index in [0.29, 0.717) is 12.8 Å². The van der Waals surface area contributed by atoms with Crippen molar-refractivity contribution in [3.8, 4) is 5.75 Å². The molecule has 2 aliphatic rings. The van der Waals surface area contributed by atoms with Gasteiger partial charge >= 0.3 is 0 Å². The Morgan fingerprint density at radius 3 is 2.52 bits per heavy atom. The van der Waals surface area contributed by atoms with Gasteiger partial charge < -0.3 is 10.1 Å². The summed E-state index contributed by atoms with van der Waals surface area (Å²) in [6.07, 6.45) is 2.73. The summed E-state index contributed by atoms with van der Waals surface area (Å²) in [5.74, 6) is 0.832. The standard InChI is InChI=1S/C21H27NO3/c1-5-13(2)25-15-8-6-14(7-9-15)16-10-19(24)22-17-11-21(3,4)12-18(23)20(16)17/h6-9,13,16H,5,10-12H2,1-4H3,(H,22,24). The Morgan fingerprint density at radius 1 is 1.20 bits per heavy atom. The van der Waals surface area contributed by atoms with Crippen LogP contribution >= 0.6 is 0 Å². The van der Waals surface area contributed by atoms with Crippen molar-refractivity contribution in [1.82, 2.24) is 5.32 Å². The van der Waals surface area contributed by atoms with Crippen LogP contribution in [0.25, 0.3) is 0 Å². The maximum atomic E-state index is 12.8. The summed E-state index contributed by atoms with van der Waals surface area (Å²) >= 11 is 0. The minimum absolute atomic E-state index is 0.00539. The molecule has 2 unspecified atom stereocenters. The lowest BCUT2D eigenvalue weighted by atomic mass is 9.70. The number of hydrogen-bond donors (Lipinski definition) is 1. The highest BCUT2D eigenvalue weighted by molar-refractivity contribution is 6.02. The number of nitrogens with one attached hydrogen (secondary N) is 1. The average Bonchev–Trinajstić information content (AvgIpc) is 2.53. The van der Waals surface area contributed by atoms with E-state index < -0.39 is 0 Å². The largest absolute Gasteiger partial charge is 0.491 e. The minimum Gasteiger partial charge on any atom is -0.491 e. The average molecular weight is 341 g/mol. The number of carbonyl (C=O) groups excluding carboxylic acids is 2. The maximum absolute atomic E-state index is 12.8. The van der Waals surface area contributed by atoms with Gasteiger partial charge in [0.15, 0.2) is 5.78 Å². The van der Waals surface area contributed by atoms with Crippen molar-refractivity contribution in [2.45, 2.75) is 65.4 Å². The molecule has 1 heterocycles. The van der Waals surface area contributed by atoms with E-state index in [1.54, 1.807) is 0 Å². The lowest BCUT2D eigenvalue weighted by Gasteiger charge is -2.37. The van der Waals surface area contributed by atoms with Crippen LogP contribution in [0.3, 0.4) is 0 Å². The highest BCUT2D eigenvalue weighted by atomic mass is 16.5. The molecular weight excluding hydrogens is 314 g/mol. The Morgan fingerprint density at radius 2 is 1.88 bits per heavy atom. The number of benzene rings is 1. The molecule has 0 saturated carbocycles. The molecule has 0 bridgehead atoms. The van der Waals surface area contributed by atoms with Crippen molar-refractivity contribution >= 4 is 11.7 Å². The highest BCUT2D eigenvalue weighted by Crippen LogP contribution is 2.44. The third-order valence-electron chi connectivity index (χ3n) is 5.14. The second-order valence-corrected chi connectivity index (χ2v) is 8.04. The molecule has 0 aromatic heterocycles. The van der Waals surface area contributed by atoms with Crippen molar-refractivity contribution in [1.29, 1.82) is 0 Å². The van der Waals surface area contributed by atoms with Crippen LogP contribution < -0.4 is 10.1 Å². The van der Waals surface area contributed by atoms with Gasteiger partial charge in [-0.15, -0.1) is 0 Å². The number of amides is 1. The topological polar surface area (TPSA) is 55.4 Å². The van der Waals surface area contributed by atoms with Gasteiger partial charge in [-0.05, 0) is 42.9 Å². The molecule has 1 aromatic carbocycles. The van der Waals surface area contributed by atoms with Gasteiger partial charge in [0.2, 0.25) is 5.91 Å². The van der Waals surface area contributed by atoms with Crippen LogP contribution in [0, 0.1) is 5.41 Å². The summed E-state index contributed by atoms with van der Waals surface area (Å²) in [7, 11) is 0. The normalized spacial score (nSPS) is 23.8. The third-order valence-corrected chi connectivity index (χ3v) is 5.14. The first-order chi connectivity index (χ1) is 11.8. The van der Waals surface area contributed by atoms with Crippen molar-refractivity contribution in [3.63, 3.8) is 0 Å². The molecule has 1 N–H and O–H groups in total. The van der Waals surface area contributed by atoms with Crippen molar-refractivity contribution in [3.05, 3.63) is 41.1 Å². The summed E-state index contributed by atoms with van der Waals surface area (Å²) < 4.78 is 5.82. The van der Waals surface area contributed by atoms with E-state index in [1.807, 2.05) is 31.2 Å². The van der Waals surface area contributed by atoms with Gasteiger partial charge in [-0.1, -0.05) is 32.9 Å². The number of rotatable bonds is 4. The van der Waals surface area contributed by atoms with Crippen LogP contribution in [0.2, 0.25) is 0 Å². The number of ketones is 1. The number of carbonyl (C=O) groups is 2. The molecule has 3 rings (SSSR count). The summed E-state index contributed by atoms with van der Waals surface area (Å²) in [5.41, 5.74) is 2.53. The van der Waals surface area contributed by atoms with E-state index >= 15 is 0 Å². The zero-order chi connectivity index (χ0) is 18.2. The lowest BCUT2D eigenvalue weighted by molar-refractivity contribution is -0.122. The van der Waals surface area contributed by atoms with Crippen molar-refractivity contribution < 1.29 is 14.3 Å². The van der Waals surface area contributed by atoms with E-state index in [0.717, 1.165) is 35.4 Å². The van der Waals surface area contributed by atoms with E-state index in [9.17, 15) is 9.59 Å². The van der Waals surface area contributed by atoms with Crippen molar-refractivity contribution in [2.75, 3.05) is 0 Å². The monoisotopic (exact) mass is 341 g/mol. The van der Waals surface area contributed by atoms with E-state index in [-0.39, 0.29) is 29.1 Å². The molecule has 0 fully saturated rings. The first-order valence-electron chi connectivity index (χ1n) is 9.12. The van der Waals surface area contributed by atoms with E-state index in [4.69, 9.17) is 4.74 Å². The van der Waals surface area contributed by atoms with E-state index in [1.165, 1.54) is 0 Å². The Bertz CT molecular complexity index is 715. The van der Waals surface area contributed by atoms with Gasteiger partial charge in [-0.3, -0.25) is 9.59 Å². The Labute approximate surface area is 149 Å². The molecular formula is C21H27NO3. The quantitative estimate of drug-likeness (QED) is 0.896. The predicted molar refractivity (Wildman–Crippen MR) is 97.4 cm³/mol. The molecule has 4 heteroatoms. The predicted octanol–water partition coefficient (Wildman–Crippen LogP) is 4.11. The summed E-state index contributed by atoms with van der Waals surface area (Å²) in [5, 5.41) is 2.94. The SMILES string of the molecule is CCC(C)Oc1ccc(C2CC(=O)NC3=C2C(=O)CC(C)(C)C3)cc1. The molecule has 1 aromatic rings. The zero-order valence-electron chi connectivity index (χ0n) is 15.5. The summed E-state index contributed by atoms with van der Waals surface area (Å²) in [6.45, 7) is 8.28. The number of hydrogen-bond acceptors (Lipinski definition) is 3. The van der Waals surface area contributed by atoms with Gasteiger partial charge in [-0.25, -0.2) is 0 Å². The van der Waals surface area contributed by atoms with Gasteiger partial charge in [-0.2, -0.15) is 0 Å². The van der Waals surface area contributed by atoms with Crippen LogP contribution in [0.4, 0.5) is 0 Å². The van der Waals surface area contributed by atoms with Crippen LogP contribution in [0.5, 0.6) is 5.75 Å². The van der Waals surface area contributed by atoms with E-state index in [2.05, 4.69) is 26.1 Å². The van der Waals surface area contributed by atoms with Crippen LogP contribution in [-0.2, 0) is 9.59 Å². The number of Topliss-reactive ketones (excluding diaryl/α,β-unsaturated/α-hetero) is 1. The molecule has 0 spiro atoms. The molecule has 0 saturated heterocycles. The van der Waals surface area contributed by atoms with Crippen LogP contribution in [0.15, 0.2) is 35.5 Å². The summed E-state index contributed by atoms with van der Waals surface area (Å²) in [4.78, 5) is 24.9. The minimum atomic E-state index is -0.148. The van der Waals surface area contributed by atoms with Crippen LogP contribution in [-0.4, -0.2) is 17.8 Å². The smallest absolute Gasteiger partial charge is 0.225 e. The van der Waals surface area contributed by atoms with Gasteiger partial charge in [0.05, 0.1) is 6.10 Å². The van der Waals surface area contributed by atoms with Crippen molar-refractivity contribution in [2.24, 2.45) is 5.41 Å². The third kappa shape index (κ3) is 3.78. The lowest BCUT2D eigenvalue weighted by Crippen LogP contribution is -2.40. The van der Waals surface area contributed by atoms with Crippen LogP contribution in [0.1, 0.15) is 64.9 Å². The molecule has 4 nitrogen and oxygen atoms in total. The molecule has 1 aliphatic carbocycles. The zero-order valence-corrected chi connectivity index (χ0v) is 15.5. The highest BCUT2D eigenvalue weighted by Gasteiger charge is 2.40. The second-order valence-electron chi connectivity index (χ2n) is 8.04. The number of allylic oxidation sites excluding steroid dienone is 2. The first kappa shape index (κ1) is 17.7. The van der Waals surface area contributed by atoms with Gasteiger partial charge in [0.25, 0.3) is 0 Å². The number of ether oxygens (including phenoxy) is 1. The van der Waals surface area contributed by atoms with Gasteiger partial charge in [0, 0.05) is 30.0 Å². The molecule has 1 aliphatic heterocycles. The summed E-state index contributed by atoms with van der Waals surface area (Å²) in [6, 6.07) is 7.84. The fraction of sp³-hybridized carbons (Fsp3) is 0.524. The fourth-order valence-electron chi connectivity index (χ4n) is 3.74. The molecule has 2 atom stereocenters. The molecule has 134 valence electrons. The first-order valence-corrected chi connectivity index (χ1v) is 9.12. The Kier molecular flexibility index (Phi) is 4.72. The molecule has 25 heavy (non-hydrogen) atoms. The molecule has 0 radical (unpaired) electrons. The molecule has 1 amide bonds. The Balaban J connectivity index is 1.90. The second kappa shape index (κ2) is 6.66. The maximum Gasteiger partial charge on any atom is 0.225 e.